The lowest BCUT2D eigenvalue weighted by Gasteiger charge is -2.25. The molecule has 1 aliphatic carbocycles. The summed E-state index contributed by atoms with van der Waals surface area (Å²) in [7, 11) is 0. The zero-order valence-electron chi connectivity index (χ0n) is 6.95. The van der Waals surface area contributed by atoms with Crippen molar-refractivity contribution in [3.63, 3.8) is 0 Å². The van der Waals surface area contributed by atoms with Gasteiger partial charge >= 0.3 is 0 Å². The first-order chi connectivity index (χ1) is 5.24. The second-order valence-corrected chi connectivity index (χ2v) is 4.55. The largest absolute Gasteiger partial charge is 0.306 e. The molecule has 66 valence electrons. The van der Waals surface area contributed by atoms with Gasteiger partial charge in [-0.3, -0.25) is 0 Å². The predicted molar refractivity (Wildman–Crippen MR) is 46.8 cm³/mol. The SMILES string of the molecule is CCC1CCC(S(=O)O)CC1. The van der Waals surface area contributed by atoms with Crippen molar-refractivity contribution in [2.75, 3.05) is 0 Å². The van der Waals surface area contributed by atoms with Crippen LogP contribution in [0.25, 0.3) is 0 Å². The van der Waals surface area contributed by atoms with Gasteiger partial charge in [0.2, 0.25) is 0 Å². The molecule has 0 amide bonds. The van der Waals surface area contributed by atoms with Gasteiger partial charge in [0.05, 0.1) is 5.25 Å². The van der Waals surface area contributed by atoms with E-state index in [0.29, 0.717) is 0 Å². The Balaban J connectivity index is 2.30. The van der Waals surface area contributed by atoms with E-state index in [1.54, 1.807) is 0 Å². The lowest BCUT2D eigenvalue weighted by atomic mass is 9.87. The van der Waals surface area contributed by atoms with Crippen LogP contribution >= 0.6 is 0 Å². The Labute approximate surface area is 70.7 Å². The van der Waals surface area contributed by atoms with E-state index >= 15 is 0 Å². The Bertz CT molecular complexity index is 139. The maximum Gasteiger partial charge on any atom is 0.155 e. The number of rotatable bonds is 2. The number of hydrogen-bond donors (Lipinski definition) is 1. The summed E-state index contributed by atoms with van der Waals surface area (Å²) < 4.78 is 19.5. The Hall–Kier alpha value is 0.110. The maximum atomic E-state index is 10.7. The van der Waals surface area contributed by atoms with Gasteiger partial charge < -0.3 is 4.55 Å². The van der Waals surface area contributed by atoms with Crippen LogP contribution in [0.2, 0.25) is 0 Å². The van der Waals surface area contributed by atoms with Crippen LogP contribution < -0.4 is 0 Å². The van der Waals surface area contributed by atoms with Crippen LogP contribution in [0.5, 0.6) is 0 Å². The van der Waals surface area contributed by atoms with Gasteiger partial charge in [-0.1, -0.05) is 13.3 Å². The highest BCUT2D eigenvalue weighted by Gasteiger charge is 2.23. The quantitative estimate of drug-likeness (QED) is 0.655. The zero-order chi connectivity index (χ0) is 8.27. The summed E-state index contributed by atoms with van der Waals surface area (Å²) in [6, 6.07) is 0. The standard InChI is InChI=1S/C8H16O2S/c1-2-7-3-5-8(6-4-7)11(9)10/h7-8H,2-6H2,1H3,(H,9,10). The van der Waals surface area contributed by atoms with E-state index in [2.05, 4.69) is 6.92 Å². The summed E-state index contributed by atoms with van der Waals surface area (Å²) in [5, 5.41) is 0.0674. The molecule has 1 N–H and O–H groups in total. The van der Waals surface area contributed by atoms with E-state index < -0.39 is 11.1 Å². The average molecular weight is 176 g/mol. The van der Waals surface area contributed by atoms with Gasteiger partial charge in [-0.2, -0.15) is 0 Å². The summed E-state index contributed by atoms with van der Waals surface area (Å²) in [6.45, 7) is 2.20. The molecule has 0 aliphatic heterocycles. The maximum absolute atomic E-state index is 10.7. The third-order valence-electron chi connectivity index (χ3n) is 2.66. The van der Waals surface area contributed by atoms with Crippen LogP contribution in [0.3, 0.4) is 0 Å². The van der Waals surface area contributed by atoms with Gasteiger partial charge in [0.1, 0.15) is 0 Å². The fourth-order valence-electron chi connectivity index (χ4n) is 1.74. The Morgan fingerprint density at radius 3 is 2.27 bits per heavy atom. The normalized spacial score (nSPS) is 35.1. The molecule has 1 rings (SSSR count). The third-order valence-corrected chi connectivity index (χ3v) is 3.70. The van der Waals surface area contributed by atoms with Crippen LogP contribution in [-0.2, 0) is 11.1 Å². The van der Waals surface area contributed by atoms with Crippen molar-refractivity contribution in [1.82, 2.24) is 0 Å². The summed E-state index contributed by atoms with van der Waals surface area (Å²) in [5.41, 5.74) is 0. The fourth-order valence-corrected chi connectivity index (χ4v) is 2.42. The van der Waals surface area contributed by atoms with Gasteiger partial charge in [-0.05, 0) is 31.6 Å². The molecule has 1 saturated carbocycles. The van der Waals surface area contributed by atoms with Crippen molar-refractivity contribution >= 4 is 11.1 Å². The molecule has 1 atom stereocenters. The second-order valence-electron chi connectivity index (χ2n) is 3.33. The highest BCUT2D eigenvalue weighted by molar-refractivity contribution is 7.79. The first-order valence-electron chi connectivity index (χ1n) is 4.33. The molecule has 0 bridgehead atoms. The Kier molecular flexibility index (Phi) is 3.52. The van der Waals surface area contributed by atoms with Gasteiger partial charge in [-0.15, -0.1) is 0 Å². The lowest BCUT2D eigenvalue weighted by molar-refractivity contribution is 0.346. The molecule has 11 heavy (non-hydrogen) atoms. The van der Waals surface area contributed by atoms with Gasteiger partial charge in [0.25, 0.3) is 0 Å². The summed E-state index contributed by atoms with van der Waals surface area (Å²) in [5.74, 6) is 0.815. The summed E-state index contributed by atoms with van der Waals surface area (Å²) >= 11 is -1.57. The van der Waals surface area contributed by atoms with Gasteiger partial charge in [-0.25, -0.2) is 4.21 Å². The van der Waals surface area contributed by atoms with E-state index in [0.717, 1.165) is 31.6 Å². The van der Waals surface area contributed by atoms with Gasteiger partial charge in [0, 0.05) is 0 Å². The highest BCUT2D eigenvalue weighted by atomic mass is 32.2. The monoisotopic (exact) mass is 176 g/mol. The second kappa shape index (κ2) is 4.21. The fraction of sp³-hybridized carbons (Fsp3) is 1.00. The van der Waals surface area contributed by atoms with Crippen molar-refractivity contribution in [2.45, 2.75) is 44.3 Å². The molecular weight excluding hydrogens is 160 g/mol. The van der Waals surface area contributed by atoms with Crippen molar-refractivity contribution in [1.29, 1.82) is 0 Å². The van der Waals surface area contributed by atoms with Gasteiger partial charge in [0.15, 0.2) is 11.1 Å². The third kappa shape index (κ3) is 2.56. The first kappa shape index (κ1) is 9.20. The molecule has 0 aromatic heterocycles. The molecular formula is C8H16O2S. The molecule has 1 unspecified atom stereocenters. The topological polar surface area (TPSA) is 37.3 Å². The van der Waals surface area contributed by atoms with E-state index in [-0.39, 0.29) is 5.25 Å². The molecule has 2 nitrogen and oxygen atoms in total. The minimum Gasteiger partial charge on any atom is -0.306 e. The summed E-state index contributed by atoms with van der Waals surface area (Å²) in [4.78, 5) is 0. The molecule has 1 fully saturated rings. The molecule has 0 heterocycles. The van der Waals surface area contributed by atoms with E-state index in [1.165, 1.54) is 6.42 Å². The van der Waals surface area contributed by atoms with Crippen LogP contribution in [0, 0.1) is 5.92 Å². The molecule has 3 heteroatoms. The smallest absolute Gasteiger partial charge is 0.155 e. The Morgan fingerprint density at radius 1 is 1.36 bits per heavy atom. The van der Waals surface area contributed by atoms with Crippen LogP contribution in [-0.4, -0.2) is 14.0 Å². The minimum atomic E-state index is -1.57. The summed E-state index contributed by atoms with van der Waals surface area (Å²) in [6.07, 6.45) is 5.41. The first-order valence-corrected chi connectivity index (χ1v) is 5.50. The Morgan fingerprint density at radius 2 is 1.91 bits per heavy atom. The van der Waals surface area contributed by atoms with Crippen LogP contribution in [0.15, 0.2) is 0 Å². The zero-order valence-corrected chi connectivity index (χ0v) is 7.77. The minimum absolute atomic E-state index is 0.0674. The van der Waals surface area contributed by atoms with Crippen molar-refractivity contribution in [2.24, 2.45) is 5.92 Å². The van der Waals surface area contributed by atoms with Crippen LogP contribution in [0.4, 0.5) is 0 Å². The van der Waals surface area contributed by atoms with E-state index in [9.17, 15) is 4.21 Å². The lowest BCUT2D eigenvalue weighted by Crippen LogP contribution is -2.22. The van der Waals surface area contributed by atoms with Crippen molar-refractivity contribution in [3.05, 3.63) is 0 Å². The molecule has 0 aromatic carbocycles. The van der Waals surface area contributed by atoms with E-state index in [4.69, 9.17) is 4.55 Å². The van der Waals surface area contributed by atoms with Crippen LogP contribution in [0.1, 0.15) is 39.0 Å². The molecule has 0 spiro atoms. The van der Waals surface area contributed by atoms with E-state index in [1.807, 2.05) is 0 Å². The molecule has 1 aliphatic rings. The van der Waals surface area contributed by atoms with Crippen molar-refractivity contribution in [3.8, 4) is 0 Å². The highest BCUT2D eigenvalue weighted by Crippen LogP contribution is 2.28. The molecule has 0 saturated heterocycles. The molecule has 0 aromatic rings. The number of hydrogen-bond acceptors (Lipinski definition) is 1. The average Bonchev–Trinajstić information content (AvgIpc) is 2.05. The molecule has 0 radical (unpaired) electrons. The van der Waals surface area contributed by atoms with Crippen molar-refractivity contribution < 1.29 is 8.76 Å². The predicted octanol–water partition coefficient (Wildman–Crippen LogP) is 2.18.